The van der Waals surface area contributed by atoms with Crippen molar-refractivity contribution in [3.05, 3.63) is 42.0 Å². The largest absolute Gasteiger partial charge is 0.398 e. The zero-order valence-corrected chi connectivity index (χ0v) is 11.3. The number of fused-ring (bicyclic) bond motifs is 1. The molecule has 0 aromatic heterocycles. The average Bonchev–Trinajstić information content (AvgIpc) is 2.41. The van der Waals surface area contributed by atoms with E-state index in [9.17, 15) is 0 Å². The van der Waals surface area contributed by atoms with Crippen LogP contribution in [0.1, 0.15) is 44.6 Å². The van der Waals surface area contributed by atoms with E-state index in [-0.39, 0.29) is 0 Å². The predicted octanol–water partition coefficient (Wildman–Crippen LogP) is 4.93. The molecule has 0 amide bonds. The van der Waals surface area contributed by atoms with Gasteiger partial charge in [-0.15, -0.1) is 0 Å². The number of hydrogen-bond donors (Lipinski definition) is 1. The monoisotopic (exact) mass is 241 g/mol. The van der Waals surface area contributed by atoms with Crippen LogP contribution in [0.5, 0.6) is 0 Å². The summed E-state index contributed by atoms with van der Waals surface area (Å²) >= 11 is 0. The summed E-state index contributed by atoms with van der Waals surface area (Å²) in [5, 5.41) is 2.63. The van der Waals surface area contributed by atoms with Crippen molar-refractivity contribution in [2.24, 2.45) is 0 Å². The van der Waals surface area contributed by atoms with E-state index in [1.165, 1.54) is 48.4 Å². The van der Waals surface area contributed by atoms with Crippen LogP contribution in [-0.4, -0.2) is 0 Å². The van der Waals surface area contributed by atoms with Crippen molar-refractivity contribution in [3.8, 4) is 0 Å². The van der Waals surface area contributed by atoms with Gasteiger partial charge in [0.2, 0.25) is 0 Å². The van der Waals surface area contributed by atoms with Crippen molar-refractivity contribution in [1.82, 2.24) is 0 Å². The Morgan fingerprint density at radius 3 is 2.50 bits per heavy atom. The maximum absolute atomic E-state index is 6.13. The normalized spacial score (nSPS) is 10.9. The fourth-order valence-electron chi connectivity index (χ4n) is 2.54. The predicted molar refractivity (Wildman–Crippen MR) is 80.8 cm³/mol. The minimum Gasteiger partial charge on any atom is -0.398 e. The van der Waals surface area contributed by atoms with Crippen molar-refractivity contribution in [2.45, 2.75) is 45.4 Å². The Kier molecular flexibility index (Phi) is 4.63. The molecule has 0 heterocycles. The second-order valence-electron chi connectivity index (χ2n) is 5.02. The summed E-state index contributed by atoms with van der Waals surface area (Å²) < 4.78 is 0. The van der Waals surface area contributed by atoms with Crippen molar-refractivity contribution in [1.29, 1.82) is 0 Å². The zero-order valence-electron chi connectivity index (χ0n) is 11.3. The number of nitrogens with two attached hydrogens (primary N) is 1. The van der Waals surface area contributed by atoms with Gasteiger partial charge in [0.15, 0.2) is 0 Å². The first-order chi connectivity index (χ1) is 8.83. The van der Waals surface area contributed by atoms with Crippen molar-refractivity contribution < 1.29 is 0 Å². The lowest BCUT2D eigenvalue weighted by Gasteiger charge is -2.10. The first kappa shape index (κ1) is 12.9. The molecule has 0 radical (unpaired) electrons. The lowest BCUT2D eigenvalue weighted by molar-refractivity contribution is 0.633. The molecule has 18 heavy (non-hydrogen) atoms. The molecule has 2 rings (SSSR count). The van der Waals surface area contributed by atoms with E-state index < -0.39 is 0 Å². The Labute approximate surface area is 110 Å². The Hall–Kier alpha value is -1.50. The third-order valence-electron chi connectivity index (χ3n) is 3.61. The van der Waals surface area contributed by atoms with Gasteiger partial charge in [0.1, 0.15) is 0 Å². The Bertz CT molecular complexity index is 502. The summed E-state index contributed by atoms with van der Waals surface area (Å²) in [6, 6.07) is 12.7. The van der Waals surface area contributed by atoms with Gasteiger partial charge in [0.05, 0.1) is 0 Å². The van der Waals surface area contributed by atoms with Gasteiger partial charge in [0.25, 0.3) is 0 Å². The highest BCUT2D eigenvalue weighted by molar-refractivity contribution is 5.89. The highest BCUT2D eigenvalue weighted by Crippen LogP contribution is 2.26. The lowest BCUT2D eigenvalue weighted by Crippen LogP contribution is -1.96. The standard InChI is InChI=1S/C17H23N/c1-2-3-4-5-6-11-16-15-10-8-7-9-14(15)12-13-17(16)18/h7-10,12-13H,2-6,11,18H2,1H3. The van der Waals surface area contributed by atoms with Crippen molar-refractivity contribution in [2.75, 3.05) is 5.73 Å². The van der Waals surface area contributed by atoms with Crippen LogP contribution >= 0.6 is 0 Å². The topological polar surface area (TPSA) is 26.0 Å². The molecule has 1 heteroatoms. The van der Waals surface area contributed by atoms with Crippen LogP contribution in [-0.2, 0) is 6.42 Å². The third-order valence-corrected chi connectivity index (χ3v) is 3.61. The highest BCUT2D eigenvalue weighted by Gasteiger charge is 2.04. The number of anilines is 1. The molecule has 0 saturated carbocycles. The third kappa shape index (κ3) is 3.04. The first-order valence-electron chi connectivity index (χ1n) is 7.09. The molecule has 2 aromatic rings. The van der Waals surface area contributed by atoms with Gasteiger partial charge >= 0.3 is 0 Å². The van der Waals surface area contributed by atoms with Crippen LogP contribution in [0, 0.1) is 0 Å². The summed E-state index contributed by atoms with van der Waals surface area (Å²) in [6.45, 7) is 2.25. The van der Waals surface area contributed by atoms with E-state index in [1.807, 2.05) is 6.07 Å². The van der Waals surface area contributed by atoms with Crippen molar-refractivity contribution >= 4 is 16.5 Å². The Morgan fingerprint density at radius 2 is 1.67 bits per heavy atom. The quantitative estimate of drug-likeness (QED) is 0.563. The lowest BCUT2D eigenvalue weighted by atomic mass is 9.97. The molecule has 0 aliphatic heterocycles. The molecular weight excluding hydrogens is 218 g/mol. The van der Waals surface area contributed by atoms with E-state index >= 15 is 0 Å². The SMILES string of the molecule is CCCCCCCc1c(N)ccc2ccccc12. The first-order valence-corrected chi connectivity index (χ1v) is 7.09. The molecule has 0 bridgehead atoms. The zero-order chi connectivity index (χ0) is 12.8. The molecule has 0 atom stereocenters. The number of rotatable bonds is 6. The van der Waals surface area contributed by atoms with Gasteiger partial charge < -0.3 is 5.73 Å². The van der Waals surface area contributed by atoms with Crippen LogP contribution in [0.25, 0.3) is 10.8 Å². The van der Waals surface area contributed by atoms with Crippen LogP contribution in [0.15, 0.2) is 36.4 Å². The maximum atomic E-state index is 6.13. The highest BCUT2D eigenvalue weighted by atomic mass is 14.6. The number of unbranched alkanes of at least 4 members (excludes halogenated alkanes) is 4. The van der Waals surface area contributed by atoms with Gasteiger partial charge in [-0.25, -0.2) is 0 Å². The van der Waals surface area contributed by atoms with E-state index in [4.69, 9.17) is 5.73 Å². The average molecular weight is 241 g/mol. The molecule has 0 spiro atoms. The number of benzene rings is 2. The number of nitrogen functional groups attached to an aromatic ring is 1. The van der Waals surface area contributed by atoms with Crippen LogP contribution in [0.4, 0.5) is 5.69 Å². The number of aryl methyl sites for hydroxylation is 1. The van der Waals surface area contributed by atoms with E-state index in [1.54, 1.807) is 0 Å². The molecule has 96 valence electrons. The van der Waals surface area contributed by atoms with Crippen molar-refractivity contribution in [3.63, 3.8) is 0 Å². The summed E-state index contributed by atoms with van der Waals surface area (Å²) in [4.78, 5) is 0. The maximum Gasteiger partial charge on any atom is 0.0353 e. The fourth-order valence-corrected chi connectivity index (χ4v) is 2.54. The number of hydrogen-bond acceptors (Lipinski definition) is 1. The molecule has 2 aromatic carbocycles. The van der Waals surface area contributed by atoms with Crippen LogP contribution in [0.2, 0.25) is 0 Å². The molecular formula is C17H23N. The summed E-state index contributed by atoms with van der Waals surface area (Å²) in [5.74, 6) is 0. The molecule has 0 unspecified atom stereocenters. The Morgan fingerprint density at radius 1 is 0.889 bits per heavy atom. The summed E-state index contributed by atoms with van der Waals surface area (Å²) in [7, 11) is 0. The molecule has 1 nitrogen and oxygen atoms in total. The van der Waals surface area contributed by atoms with E-state index in [0.29, 0.717) is 0 Å². The van der Waals surface area contributed by atoms with Gasteiger partial charge in [0, 0.05) is 5.69 Å². The van der Waals surface area contributed by atoms with Crippen LogP contribution < -0.4 is 5.73 Å². The summed E-state index contributed by atoms with van der Waals surface area (Å²) in [5.41, 5.74) is 8.41. The fraction of sp³-hybridized carbons (Fsp3) is 0.412. The van der Waals surface area contributed by atoms with Gasteiger partial charge in [-0.3, -0.25) is 0 Å². The van der Waals surface area contributed by atoms with Gasteiger partial charge in [-0.05, 0) is 35.2 Å². The molecule has 0 aliphatic carbocycles. The van der Waals surface area contributed by atoms with Crippen LogP contribution in [0.3, 0.4) is 0 Å². The molecule has 2 N–H and O–H groups in total. The molecule has 0 aliphatic rings. The second-order valence-corrected chi connectivity index (χ2v) is 5.02. The minimum absolute atomic E-state index is 0.948. The smallest absolute Gasteiger partial charge is 0.0353 e. The molecule has 0 fully saturated rings. The Balaban J connectivity index is 2.09. The molecule has 0 saturated heterocycles. The van der Waals surface area contributed by atoms with Gasteiger partial charge in [-0.1, -0.05) is 62.9 Å². The summed E-state index contributed by atoms with van der Waals surface area (Å²) in [6.07, 6.45) is 7.67. The van der Waals surface area contributed by atoms with E-state index in [2.05, 4.69) is 37.3 Å². The second kappa shape index (κ2) is 6.44. The van der Waals surface area contributed by atoms with Gasteiger partial charge in [-0.2, -0.15) is 0 Å². The minimum atomic E-state index is 0.948. The van der Waals surface area contributed by atoms with E-state index in [0.717, 1.165) is 12.1 Å².